The number of hydrogen-bond donors (Lipinski definition) is 0. The summed E-state index contributed by atoms with van der Waals surface area (Å²) < 4.78 is 16.0. The van der Waals surface area contributed by atoms with E-state index in [0.717, 1.165) is 5.79 Å². The predicted molar refractivity (Wildman–Crippen MR) is 57.7 cm³/mol. The van der Waals surface area contributed by atoms with Crippen molar-refractivity contribution < 1.29 is 13.3 Å². The molecule has 0 unspecified atom stereocenters. The topological polar surface area (TPSA) is 27.7 Å². The zero-order valence-corrected chi connectivity index (χ0v) is 10.9. The monoisotopic (exact) mass is 212 g/mol. The zero-order chi connectivity index (χ0) is 9.83. The van der Waals surface area contributed by atoms with Crippen molar-refractivity contribution in [1.82, 2.24) is 0 Å². The summed E-state index contributed by atoms with van der Waals surface area (Å²) in [5.41, 5.74) is 0. The van der Waals surface area contributed by atoms with Crippen LogP contribution in [0.1, 0.15) is 0 Å². The van der Waals surface area contributed by atoms with Gasteiger partial charge in [0.1, 0.15) is 0 Å². The molecule has 0 aromatic rings. The summed E-state index contributed by atoms with van der Waals surface area (Å²) in [6.07, 6.45) is 0. The van der Waals surface area contributed by atoms with Crippen molar-refractivity contribution in [3.05, 3.63) is 0 Å². The van der Waals surface area contributed by atoms with Gasteiger partial charge in [0.2, 0.25) is 0 Å². The molecule has 0 heterocycles. The van der Waals surface area contributed by atoms with Crippen LogP contribution in [0.2, 0.25) is 0 Å². The molecular formula is C7H21O3PSi. The van der Waals surface area contributed by atoms with Crippen molar-refractivity contribution >= 4 is 16.1 Å². The molecule has 0 amide bonds. The molecule has 0 aromatic carbocycles. The molecular weight excluding hydrogens is 191 g/mol. The zero-order valence-electron chi connectivity index (χ0n) is 8.93. The van der Waals surface area contributed by atoms with Gasteiger partial charge >= 0.3 is 76.5 Å². The molecule has 0 radical (unpaired) electrons. The van der Waals surface area contributed by atoms with Gasteiger partial charge in [-0.2, -0.15) is 0 Å². The maximum absolute atomic E-state index is 5.34. The first-order valence-electron chi connectivity index (χ1n) is 4.04. The van der Waals surface area contributed by atoms with Gasteiger partial charge < -0.3 is 0 Å². The second-order valence-electron chi connectivity index (χ2n) is 4.03. The normalized spacial score (nSPS) is 14.8. The summed E-state index contributed by atoms with van der Waals surface area (Å²) >= 11 is 0. The van der Waals surface area contributed by atoms with E-state index in [9.17, 15) is 0 Å². The van der Waals surface area contributed by atoms with E-state index in [1.54, 1.807) is 21.3 Å². The standard InChI is InChI=1S/C7H21O3PSi/c1-8-12(9-2,10-3)7-11(4,5)6/h11H,7H2,1-6H3. The van der Waals surface area contributed by atoms with Crippen molar-refractivity contribution in [1.29, 1.82) is 0 Å². The summed E-state index contributed by atoms with van der Waals surface area (Å²) in [4.78, 5) is 0. The molecule has 0 saturated carbocycles. The molecule has 0 bridgehead atoms. The summed E-state index contributed by atoms with van der Waals surface area (Å²) in [5, 5.41) is 0. The van der Waals surface area contributed by atoms with E-state index in [0.29, 0.717) is 0 Å². The van der Waals surface area contributed by atoms with Gasteiger partial charge in [-0.3, -0.25) is 0 Å². The summed E-state index contributed by atoms with van der Waals surface area (Å²) in [7, 11) is 1.54. The first kappa shape index (κ1) is 12.5. The second-order valence-corrected chi connectivity index (χ2v) is 13.2. The van der Waals surface area contributed by atoms with E-state index < -0.39 is 16.1 Å². The minimum absolute atomic E-state index is 0.976. The van der Waals surface area contributed by atoms with Crippen LogP contribution in [0, 0.1) is 0 Å². The quantitative estimate of drug-likeness (QED) is 0.503. The molecule has 0 aliphatic heterocycles. The van der Waals surface area contributed by atoms with Crippen LogP contribution in [0.3, 0.4) is 0 Å². The second kappa shape index (κ2) is 4.68. The van der Waals surface area contributed by atoms with Gasteiger partial charge in [0.25, 0.3) is 0 Å². The molecule has 0 aromatic heterocycles. The van der Waals surface area contributed by atoms with E-state index in [4.69, 9.17) is 13.3 Å². The van der Waals surface area contributed by atoms with Crippen LogP contribution in [0.5, 0.6) is 0 Å². The third kappa shape index (κ3) is 3.96. The Bertz CT molecular complexity index is 123. The summed E-state index contributed by atoms with van der Waals surface area (Å²) in [6.45, 7) is 6.85. The van der Waals surface area contributed by atoms with Gasteiger partial charge in [-0.15, -0.1) is 0 Å². The third-order valence-corrected chi connectivity index (χ3v) is 9.52. The van der Waals surface area contributed by atoms with Crippen molar-refractivity contribution in [3.8, 4) is 0 Å². The molecule has 0 spiro atoms. The number of rotatable bonds is 5. The maximum atomic E-state index is 5.34. The van der Waals surface area contributed by atoms with Gasteiger partial charge in [0.15, 0.2) is 0 Å². The van der Waals surface area contributed by atoms with Crippen molar-refractivity contribution in [2.75, 3.05) is 47.1 Å². The van der Waals surface area contributed by atoms with Crippen LogP contribution in [-0.4, -0.2) is 55.9 Å². The molecule has 0 atom stereocenters. The summed E-state index contributed by atoms with van der Waals surface area (Å²) in [5.74, 6) is 0.976. The van der Waals surface area contributed by atoms with Crippen molar-refractivity contribution in [3.63, 3.8) is 0 Å². The SMILES string of the molecule is CO[Si](C[PH](C)(C)C)(OC)OC. The van der Waals surface area contributed by atoms with Crippen LogP contribution in [0.25, 0.3) is 0 Å². The van der Waals surface area contributed by atoms with Crippen LogP contribution in [-0.2, 0) is 13.3 Å². The van der Waals surface area contributed by atoms with Gasteiger partial charge in [0.05, 0.1) is 0 Å². The fraction of sp³-hybridized carbons (Fsp3) is 1.00. The van der Waals surface area contributed by atoms with Gasteiger partial charge in [-0.1, -0.05) is 0 Å². The van der Waals surface area contributed by atoms with E-state index in [2.05, 4.69) is 20.0 Å². The predicted octanol–water partition coefficient (Wildman–Crippen LogP) is 1.04. The van der Waals surface area contributed by atoms with Crippen LogP contribution in [0.4, 0.5) is 0 Å². The van der Waals surface area contributed by atoms with Gasteiger partial charge in [-0.25, -0.2) is 0 Å². The average molecular weight is 212 g/mol. The fourth-order valence-electron chi connectivity index (χ4n) is 1.12. The third-order valence-electron chi connectivity index (χ3n) is 1.68. The number of hydrogen-bond acceptors (Lipinski definition) is 3. The van der Waals surface area contributed by atoms with Gasteiger partial charge in [-0.05, 0) is 0 Å². The molecule has 0 N–H and O–H groups in total. The Hall–Kier alpha value is 0.527. The Kier molecular flexibility index (Phi) is 4.88. The Morgan fingerprint density at radius 1 is 0.917 bits per heavy atom. The first-order valence-corrected chi connectivity index (χ1v) is 9.68. The fourth-order valence-corrected chi connectivity index (χ4v) is 8.54. The molecule has 76 valence electrons. The molecule has 0 saturated heterocycles. The molecule has 0 aliphatic rings. The van der Waals surface area contributed by atoms with Crippen LogP contribution in [0.15, 0.2) is 0 Å². The Morgan fingerprint density at radius 3 is 1.33 bits per heavy atom. The van der Waals surface area contributed by atoms with Crippen molar-refractivity contribution in [2.24, 2.45) is 0 Å². The van der Waals surface area contributed by atoms with E-state index >= 15 is 0 Å². The Labute approximate surface area is 77.1 Å². The molecule has 5 heteroatoms. The van der Waals surface area contributed by atoms with Gasteiger partial charge in [0, 0.05) is 0 Å². The Morgan fingerprint density at radius 2 is 1.25 bits per heavy atom. The molecule has 0 aliphatic carbocycles. The molecule has 0 fully saturated rings. The van der Waals surface area contributed by atoms with Crippen molar-refractivity contribution in [2.45, 2.75) is 0 Å². The molecule has 3 nitrogen and oxygen atoms in total. The molecule has 0 rings (SSSR count). The minimum atomic E-state index is -2.29. The summed E-state index contributed by atoms with van der Waals surface area (Å²) in [6, 6.07) is 0. The van der Waals surface area contributed by atoms with E-state index in [1.807, 2.05) is 0 Å². The van der Waals surface area contributed by atoms with E-state index in [-0.39, 0.29) is 0 Å². The first-order chi connectivity index (χ1) is 5.39. The van der Waals surface area contributed by atoms with Crippen LogP contribution >= 0.6 is 7.26 Å². The van der Waals surface area contributed by atoms with E-state index in [1.165, 1.54) is 0 Å². The average Bonchev–Trinajstić information content (AvgIpc) is 1.99. The Balaban J connectivity index is 4.30. The molecule has 12 heavy (non-hydrogen) atoms. The van der Waals surface area contributed by atoms with Crippen LogP contribution < -0.4 is 0 Å².